The largest absolute Gasteiger partial charge is 0.466 e. The lowest BCUT2D eigenvalue weighted by atomic mass is 9.97. The van der Waals surface area contributed by atoms with E-state index in [0.717, 1.165) is 38.8 Å². The molecule has 1 aliphatic heterocycles. The van der Waals surface area contributed by atoms with E-state index < -0.39 is 0 Å². The Labute approximate surface area is 199 Å². The van der Waals surface area contributed by atoms with Crippen molar-refractivity contribution in [3.63, 3.8) is 0 Å². The fraction of sp³-hybridized carbons (Fsp3) is 0.731. The minimum atomic E-state index is -0.137. The van der Waals surface area contributed by atoms with E-state index in [4.69, 9.17) is 10.5 Å². The fourth-order valence-corrected chi connectivity index (χ4v) is 4.43. The number of rotatable bonds is 16. The zero-order valence-electron chi connectivity index (χ0n) is 20.5. The molecular formula is C26H44N4O3. The van der Waals surface area contributed by atoms with Crippen LogP contribution in [0.1, 0.15) is 94.3 Å². The number of esters is 1. The number of anilines is 1. The van der Waals surface area contributed by atoms with Crippen LogP contribution in [0.2, 0.25) is 0 Å². The number of ether oxygens (including phenoxy) is 1. The monoisotopic (exact) mass is 460 g/mol. The molecule has 2 heterocycles. The molecule has 0 spiro atoms. The van der Waals surface area contributed by atoms with Crippen LogP contribution in [0.3, 0.4) is 0 Å². The number of nitrogen functional groups attached to an aromatic ring is 1. The average Bonchev–Trinajstić information content (AvgIpc) is 2.82. The highest BCUT2D eigenvalue weighted by Gasteiger charge is 2.25. The normalized spacial score (nSPS) is 14.8. The van der Waals surface area contributed by atoms with Crippen LogP contribution in [0.25, 0.3) is 0 Å². The lowest BCUT2D eigenvalue weighted by Crippen LogP contribution is -2.37. The van der Waals surface area contributed by atoms with E-state index in [1.165, 1.54) is 57.9 Å². The van der Waals surface area contributed by atoms with Gasteiger partial charge in [0, 0.05) is 12.7 Å². The second-order valence-electron chi connectivity index (χ2n) is 9.10. The van der Waals surface area contributed by atoms with Gasteiger partial charge in [-0.05, 0) is 64.4 Å². The molecule has 33 heavy (non-hydrogen) atoms. The van der Waals surface area contributed by atoms with Crippen LogP contribution >= 0.6 is 0 Å². The third-order valence-corrected chi connectivity index (χ3v) is 6.48. The molecule has 0 radical (unpaired) electrons. The van der Waals surface area contributed by atoms with Gasteiger partial charge in [-0.1, -0.05) is 51.4 Å². The number of piperidine rings is 1. The number of nitrogens with zero attached hydrogens (tertiary/aromatic N) is 2. The quantitative estimate of drug-likeness (QED) is 0.277. The maximum absolute atomic E-state index is 12.0. The van der Waals surface area contributed by atoms with Gasteiger partial charge in [0.05, 0.1) is 18.1 Å². The number of nitrogens with two attached hydrogens (primary N) is 1. The highest BCUT2D eigenvalue weighted by Crippen LogP contribution is 2.19. The van der Waals surface area contributed by atoms with E-state index in [2.05, 4.69) is 15.2 Å². The number of pyridine rings is 1. The molecule has 0 saturated carbocycles. The molecule has 0 unspecified atom stereocenters. The summed E-state index contributed by atoms with van der Waals surface area (Å²) in [4.78, 5) is 30.3. The standard InChI is InChI=1S/C26H44N4O3/c1-2-33-26(32)22-15-20-30(21-16-22)19-12-10-8-6-4-3-5-7-9-11-17-29-25(31)23-14-13-18-28-24(23)27/h13-14,18,22H,2-12,15-17,19-21H2,1H3,(H2,27,28)(H,29,31). The second kappa shape index (κ2) is 16.5. The SMILES string of the molecule is CCOC(=O)C1CCN(CCCCCCCCCCCCNC(=O)c2cccnc2N)CC1. The Morgan fingerprint density at radius 2 is 1.64 bits per heavy atom. The van der Waals surface area contributed by atoms with Crippen LogP contribution in [-0.2, 0) is 9.53 Å². The Bertz CT molecular complexity index is 690. The molecule has 7 heteroatoms. The van der Waals surface area contributed by atoms with Crippen LogP contribution < -0.4 is 11.1 Å². The summed E-state index contributed by atoms with van der Waals surface area (Å²) in [5.41, 5.74) is 6.18. The first-order valence-corrected chi connectivity index (χ1v) is 13.0. The van der Waals surface area contributed by atoms with Gasteiger partial charge in [0.2, 0.25) is 0 Å². The van der Waals surface area contributed by atoms with E-state index in [9.17, 15) is 9.59 Å². The van der Waals surface area contributed by atoms with E-state index >= 15 is 0 Å². The van der Waals surface area contributed by atoms with Crippen LogP contribution in [-0.4, -0.2) is 54.5 Å². The van der Waals surface area contributed by atoms with Crippen molar-refractivity contribution in [3.8, 4) is 0 Å². The third kappa shape index (κ3) is 11.0. The summed E-state index contributed by atoms with van der Waals surface area (Å²) in [5.74, 6) is 0.258. The number of unbranched alkanes of at least 4 members (excludes halogenated alkanes) is 9. The van der Waals surface area contributed by atoms with Gasteiger partial charge in [-0.15, -0.1) is 0 Å². The van der Waals surface area contributed by atoms with Gasteiger partial charge in [0.15, 0.2) is 0 Å². The van der Waals surface area contributed by atoms with Crippen molar-refractivity contribution in [2.75, 3.05) is 38.5 Å². The van der Waals surface area contributed by atoms with Crippen molar-refractivity contribution in [1.29, 1.82) is 0 Å². The van der Waals surface area contributed by atoms with Gasteiger partial charge in [0.25, 0.3) is 5.91 Å². The predicted octanol–water partition coefficient (Wildman–Crippen LogP) is 4.57. The van der Waals surface area contributed by atoms with Crippen LogP contribution in [0.15, 0.2) is 18.3 Å². The van der Waals surface area contributed by atoms with Crippen LogP contribution in [0.5, 0.6) is 0 Å². The van der Waals surface area contributed by atoms with Gasteiger partial charge in [-0.25, -0.2) is 4.98 Å². The molecule has 3 N–H and O–H groups in total. The molecule has 186 valence electrons. The van der Waals surface area contributed by atoms with Gasteiger partial charge in [-0.3, -0.25) is 9.59 Å². The Hall–Kier alpha value is -2.15. The molecule has 0 atom stereocenters. The van der Waals surface area contributed by atoms with Gasteiger partial charge < -0.3 is 20.7 Å². The molecule has 1 fully saturated rings. The zero-order valence-corrected chi connectivity index (χ0v) is 20.5. The average molecular weight is 461 g/mol. The van der Waals surface area contributed by atoms with Crippen LogP contribution in [0.4, 0.5) is 5.82 Å². The maximum Gasteiger partial charge on any atom is 0.309 e. The third-order valence-electron chi connectivity index (χ3n) is 6.48. The van der Waals surface area contributed by atoms with E-state index in [0.29, 0.717) is 18.7 Å². The first-order chi connectivity index (χ1) is 16.1. The fourth-order valence-electron chi connectivity index (χ4n) is 4.43. The minimum absolute atomic E-state index is 0.00430. The molecule has 1 saturated heterocycles. The summed E-state index contributed by atoms with van der Waals surface area (Å²) in [6.07, 6.45) is 16.0. The number of carbonyl (C=O) groups is 2. The lowest BCUT2D eigenvalue weighted by molar-refractivity contribution is -0.149. The molecule has 0 aromatic carbocycles. The van der Waals surface area contributed by atoms with Gasteiger partial charge >= 0.3 is 5.97 Å². The van der Waals surface area contributed by atoms with Crippen LogP contribution in [0, 0.1) is 5.92 Å². The summed E-state index contributed by atoms with van der Waals surface area (Å²) >= 11 is 0. The zero-order chi connectivity index (χ0) is 23.7. The van der Waals surface area contributed by atoms with Crippen molar-refractivity contribution in [3.05, 3.63) is 23.9 Å². The molecular weight excluding hydrogens is 416 g/mol. The molecule has 0 aliphatic carbocycles. The summed E-state index contributed by atoms with van der Waals surface area (Å²) in [6, 6.07) is 3.43. The molecule has 2 rings (SSSR count). The van der Waals surface area contributed by atoms with E-state index in [1.807, 2.05) is 6.92 Å². The number of carbonyl (C=O) groups excluding carboxylic acids is 2. The van der Waals surface area contributed by atoms with Crippen molar-refractivity contribution >= 4 is 17.7 Å². The molecule has 1 aromatic heterocycles. The highest BCUT2D eigenvalue weighted by molar-refractivity contribution is 5.98. The Morgan fingerprint density at radius 1 is 1.03 bits per heavy atom. The van der Waals surface area contributed by atoms with E-state index in [-0.39, 0.29) is 23.6 Å². The summed E-state index contributed by atoms with van der Waals surface area (Å²) in [6.45, 7) is 6.28. The molecule has 0 bridgehead atoms. The lowest BCUT2D eigenvalue weighted by Gasteiger charge is -2.30. The summed E-state index contributed by atoms with van der Waals surface area (Å²) in [5, 5.41) is 2.92. The highest BCUT2D eigenvalue weighted by atomic mass is 16.5. The topological polar surface area (TPSA) is 97.5 Å². The molecule has 7 nitrogen and oxygen atoms in total. The molecule has 1 amide bonds. The molecule has 1 aliphatic rings. The number of hydrogen-bond donors (Lipinski definition) is 2. The van der Waals surface area contributed by atoms with Gasteiger partial charge in [0.1, 0.15) is 5.82 Å². The molecule has 1 aromatic rings. The van der Waals surface area contributed by atoms with Crippen molar-refractivity contribution in [1.82, 2.24) is 15.2 Å². The first kappa shape index (κ1) is 27.1. The summed E-state index contributed by atoms with van der Waals surface area (Å²) < 4.78 is 5.14. The van der Waals surface area contributed by atoms with Crippen molar-refractivity contribution in [2.45, 2.75) is 84.0 Å². The van der Waals surface area contributed by atoms with E-state index in [1.54, 1.807) is 18.3 Å². The number of nitrogens with one attached hydrogen (secondary N) is 1. The minimum Gasteiger partial charge on any atom is -0.466 e. The predicted molar refractivity (Wildman–Crippen MR) is 133 cm³/mol. The Morgan fingerprint density at radius 3 is 2.24 bits per heavy atom. The van der Waals surface area contributed by atoms with Gasteiger partial charge in [-0.2, -0.15) is 0 Å². The Balaban J connectivity index is 1.33. The second-order valence-corrected chi connectivity index (χ2v) is 9.10. The van der Waals surface area contributed by atoms with Crippen molar-refractivity contribution in [2.24, 2.45) is 5.92 Å². The maximum atomic E-state index is 12.0. The summed E-state index contributed by atoms with van der Waals surface area (Å²) in [7, 11) is 0. The Kier molecular flexibility index (Phi) is 13.5. The smallest absolute Gasteiger partial charge is 0.309 e. The number of likely N-dealkylation sites (tertiary alicyclic amines) is 1. The van der Waals surface area contributed by atoms with Crippen molar-refractivity contribution < 1.29 is 14.3 Å². The number of amides is 1. The number of aromatic nitrogens is 1. The first-order valence-electron chi connectivity index (χ1n) is 13.0. The number of hydrogen-bond acceptors (Lipinski definition) is 6.